The summed E-state index contributed by atoms with van der Waals surface area (Å²) >= 11 is 3.04. The van der Waals surface area contributed by atoms with Crippen molar-refractivity contribution in [3.8, 4) is 0 Å². The summed E-state index contributed by atoms with van der Waals surface area (Å²) in [6.07, 6.45) is 3.28. The van der Waals surface area contributed by atoms with E-state index in [9.17, 15) is 8.78 Å². The molecule has 0 atom stereocenters. The second-order valence-electron chi connectivity index (χ2n) is 4.49. The van der Waals surface area contributed by atoms with Crippen molar-refractivity contribution in [1.29, 1.82) is 0 Å². The minimum absolute atomic E-state index is 0.165. The van der Waals surface area contributed by atoms with Crippen molar-refractivity contribution >= 4 is 43.8 Å². The van der Waals surface area contributed by atoms with Crippen LogP contribution in [-0.4, -0.2) is 4.98 Å². The molecule has 1 aromatic heterocycles. The zero-order valence-corrected chi connectivity index (χ0v) is 12.3. The Balaban J connectivity index is 2.11. The van der Waals surface area contributed by atoms with Crippen LogP contribution in [0.1, 0.15) is 0 Å². The maximum absolute atomic E-state index is 13.8. The SMILES string of the molecule is Nc1ccc(Nc2cc(Br)c(F)cc2F)c2cnccc12. The fourth-order valence-corrected chi connectivity index (χ4v) is 2.43. The Labute approximate surface area is 127 Å². The van der Waals surface area contributed by atoms with Crippen molar-refractivity contribution in [1.82, 2.24) is 4.98 Å². The molecule has 3 aromatic rings. The highest BCUT2D eigenvalue weighted by Crippen LogP contribution is 2.32. The molecule has 0 radical (unpaired) electrons. The van der Waals surface area contributed by atoms with Gasteiger partial charge >= 0.3 is 0 Å². The summed E-state index contributed by atoms with van der Waals surface area (Å²) in [6.45, 7) is 0. The number of nitrogens with zero attached hydrogens (tertiary/aromatic N) is 1. The first-order chi connectivity index (χ1) is 10.1. The molecule has 0 spiro atoms. The lowest BCUT2D eigenvalue weighted by Gasteiger charge is -2.12. The molecule has 1 heterocycles. The zero-order chi connectivity index (χ0) is 15.0. The van der Waals surface area contributed by atoms with Gasteiger partial charge in [0.1, 0.15) is 11.6 Å². The Bertz CT molecular complexity index is 837. The molecule has 2 aromatic carbocycles. The molecule has 0 aliphatic carbocycles. The number of rotatable bonds is 2. The molecule has 3 N–H and O–H groups in total. The smallest absolute Gasteiger partial charge is 0.149 e. The summed E-state index contributed by atoms with van der Waals surface area (Å²) in [5.41, 5.74) is 7.32. The lowest BCUT2D eigenvalue weighted by Crippen LogP contribution is -1.98. The van der Waals surface area contributed by atoms with Gasteiger partial charge in [-0.25, -0.2) is 8.78 Å². The summed E-state index contributed by atoms with van der Waals surface area (Å²) in [4.78, 5) is 4.05. The minimum atomic E-state index is -0.676. The first kappa shape index (κ1) is 13.8. The molecular formula is C15H10BrF2N3. The average Bonchev–Trinajstić information content (AvgIpc) is 2.48. The Kier molecular flexibility index (Phi) is 3.47. The highest BCUT2D eigenvalue weighted by atomic mass is 79.9. The first-order valence-corrected chi connectivity index (χ1v) is 6.89. The maximum atomic E-state index is 13.8. The van der Waals surface area contributed by atoms with E-state index in [1.807, 2.05) is 0 Å². The normalized spacial score (nSPS) is 10.8. The molecule has 0 bridgehead atoms. The number of nitrogens with one attached hydrogen (secondary N) is 1. The fourth-order valence-electron chi connectivity index (χ4n) is 2.09. The van der Waals surface area contributed by atoms with E-state index in [0.29, 0.717) is 11.4 Å². The van der Waals surface area contributed by atoms with Gasteiger partial charge in [-0.1, -0.05) is 0 Å². The van der Waals surface area contributed by atoms with Crippen molar-refractivity contribution in [3.63, 3.8) is 0 Å². The number of halogens is 3. The van der Waals surface area contributed by atoms with Crippen LogP contribution in [0.25, 0.3) is 10.8 Å². The number of pyridine rings is 1. The summed E-state index contributed by atoms with van der Waals surface area (Å²) < 4.78 is 27.3. The highest BCUT2D eigenvalue weighted by Gasteiger charge is 2.10. The molecule has 3 rings (SSSR count). The van der Waals surface area contributed by atoms with Crippen LogP contribution in [0.4, 0.5) is 25.8 Å². The topological polar surface area (TPSA) is 50.9 Å². The lowest BCUT2D eigenvalue weighted by molar-refractivity contribution is 0.581. The Morgan fingerprint density at radius 1 is 1.00 bits per heavy atom. The van der Waals surface area contributed by atoms with Crippen LogP contribution in [0.5, 0.6) is 0 Å². The molecule has 0 aliphatic heterocycles. The number of nitrogen functional groups attached to an aromatic ring is 1. The van der Waals surface area contributed by atoms with E-state index < -0.39 is 11.6 Å². The van der Waals surface area contributed by atoms with Gasteiger partial charge in [0.25, 0.3) is 0 Å². The van der Waals surface area contributed by atoms with Gasteiger partial charge in [-0.05, 0) is 40.2 Å². The number of hydrogen-bond acceptors (Lipinski definition) is 3. The van der Waals surface area contributed by atoms with Gasteiger partial charge in [0.2, 0.25) is 0 Å². The third-order valence-corrected chi connectivity index (χ3v) is 3.74. The van der Waals surface area contributed by atoms with Crippen LogP contribution in [0, 0.1) is 11.6 Å². The quantitative estimate of drug-likeness (QED) is 0.525. The molecule has 0 unspecified atom stereocenters. The van der Waals surface area contributed by atoms with Gasteiger partial charge in [-0.2, -0.15) is 0 Å². The van der Waals surface area contributed by atoms with E-state index in [0.717, 1.165) is 16.8 Å². The van der Waals surface area contributed by atoms with E-state index in [2.05, 4.69) is 26.2 Å². The number of fused-ring (bicyclic) bond motifs is 1. The van der Waals surface area contributed by atoms with Gasteiger partial charge in [-0.3, -0.25) is 4.98 Å². The maximum Gasteiger partial charge on any atom is 0.149 e. The zero-order valence-electron chi connectivity index (χ0n) is 10.7. The molecule has 6 heteroatoms. The molecule has 3 nitrogen and oxygen atoms in total. The van der Waals surface area contributed by atoms with Gasteiger partial charge in [0.15, 0.2) is 0 Å². The van der Waals surface area contributed by atoms with E-state index in [4.69, 9.17) is 5.73 Å². The molecule has 0 amide bonds. The summed E-state index contributed by atoms with van der Waals surface area (Å²) in [6, 6.07) is 7.41. The van der Waals surface area contributed by atoms with Crippen molar-refractivity contribution in [2.75, 3.05) is 11.1 Å². The van der Waals surface area contributed by atoms with E-state index >= 15 is 0 Å². The minimum Gasteiger partial charge on any atom is -0.398 e. The predicted octanol–water partition coefficient (Wildman–Crippen LogP) is 4.60. The van der Waals surface area contributed by atoms with Gasteiger partial charge in [0, 0.05) is 40.6 Å². The standard InChI is InChI=1S/C15H10BrF2N3/c16-10-5-15(12(18)6-11(10)17)21-14-2-1-13(19)8-3-4-20-7-9(8)14/h1-7,21H,19H2. The number of anilines is 3. The van der Waals surface area contributed by atoms with Gasteiger partial charge < -0.3 is 11.1 Å². The fraction of sp³-hybridized carbons (Fsp3) is 0. The number of aromatic nitrogens is 1. The monoisotopic (exact) mass is 349 g/mol. The molecular weight excluding hydrogens is 340 g/mol. The van der Waals surface area contributed by atoms with Crippen molar-refractivity contribution in [3.05, 3.63) is 58.8 Å². The van der Waals surface area contributed by atoms with Crippen LogP contribution in [0.2, 0.25) is 0 Å². The van der Waals surface area contributed by atoms with E-state index in [-0.39, 0.29) is 10.2 Å². The number of nitrogens with two attached hydrogens (primary N) is 1. The molecule has 21 heavy (non-hydrogen) atoms. The number of benzene rings is 2. The second-order valence-corrected chi connectivity index (χ2v) is 5.35. The van der Waals surface area contributed by atoms with Crippen LogP contribution >= 0.6 is 15.9 Å². The van der Waals surface area contributed by atoms with Crippen molar-refractivity contribution in [2.45, 2.75) is 0 Å². The number of hydrogen-bond donors (Lipinski definition) is 2. The molecule has 0 aliphatic rings. The summed E-state index contributed by atoms with van der Waals surface area (Å²) in [7, 11) is 0. The van der Waals surface area contributed by atoms with Gasteiger partial charge in [0.05, 0.1) is 10.2 Å². The summed E-state index contributed by atoms with van der Waals surface area (Å²) in [5, 5.41) is 4.52. The largest absolute Gasteiger partial charge is 0.398 e. The van der Waals surface area contributed by atoms with E-state index in [1.165, 1.54) is 6.07 Å². The van der Waals surface area contributed by atoms with Crippen LogP contribution in [0.15, 0.2) is 47.2 Å². The second kappa shape index (κ2) is 5.29. The third-order valence-electron chi connectivity index (χ3n) is 3.13. The lowest BCUT2D eigenvalue weighted by atomic mass is 10.1. The van der Waals surface area contributed by atoms with Crippen molar-refractivity contribution < 1.29 is 8.78 Å². The molecule has 0 saturated heterocycles. The Morgan fingerprint density at radius 3 is 2.62 bits per heavy atom. The average molecular weight is 350 g/mol. The Morgan fingerprint density at radius 2 is 1.81 bits per heavy atom. The van der Waals surface area contributed by atoms with Crippen LogP contribution in [0.3, 0.4) is 0 Å². The highest BCUT2D eigenvalue weighted by molar-refractivity contribution is 9.10. The molecule has 0 saturated carbocycles. The Hall–Kier alpha value is -2.21. The molecule has 106 valence electrons. The molecule has 0 fully saturated rings. The van der Waals surface area contributed by atoms with E-state index in [1.54, 1.807) is 30.6 Å². The van der Waals surface area contributed by atoms with Crippen molar-refractivity contribution in [2.24, 2.45) is 0 Å². The predicted molar refractivity (Wildman–Crippen MR) is 83.5 cm³/mol. The summed E-state index contributed by atoms with van der Waals surface area (Å²) in [5.74, 6) is -1.33. The van der Waals surface area contributed by atoms with Crippen LogP contribution in [-0.2, 0) is 0 Å². The first-order valence-electron chi connectivity index (χ1n) is 6.10. The van der Waals surface area contributed by atoms with Crippen LogP contribution < -0.4 is 11.1 Å². The van der Waals surface area contributed by atoms with Gasteiger partial charge in [-0.15, -0.1) is 0 Å². The third kappa shape index (κ3) is 2.54.